The number of hydrogen-bond acceptors (Lipinski definition) is 6. The average Bonchev–Trinajstić information content (AvgIpc) is 2.79. The Labute approximate surface area is 219 Å². The topological polar surface area (TPSA) is 92.7 Å². The first-order valence-electron chi connectivity index (χ1n) is 13.2. The number of ether oxygens (including phenoxy) is 2. The Balaban J connectivity index is 1.50. The summed E-state index contributed by atoms with van der Waals surface area (Å²) >= 11 is 0. The SMILES string of the molecule is COc1ccc(C[C@H](NC(C)=O)[C@@H](O)CN[C@H]2CC3(CCC3)Oc3ncc(CC(C)(C)C)cc32)cc1F. The smallest absolute Gasteiger partial charge is 0.218 e. The Morgan fingerprint density at radius 2 is 2.05 bits per heavy atom. The number of carbonyl (C=O) groups is 1. The second-order valence-electron chi connectivity index (χ2n) is 11.8. The van der Waals surface area contributed by atoms with Gasteiger partial charge >= 0.3 is 0 Å². The van der Waals surface area contributed by atoms with E-state index in [4.69, 9.17) is 9.47 Å². The molecule has 4 rings (SSSR count). The van der Waals surface area contributed by atoms with Crippen LogP contribution in [-0.2, 0) is 17.6 Å². The third-order valence-electron chi connectivity index (χ3n) is 7.30. The fourth-order valence-corrected chi connectivity index (χ4v) is 5.39. The highest BCUT2D eigenvalue weighted by Gasteiger charge is 2.46. The summed E-state index contributed by atoms with van der Waals surface area (Å²) in [5.41, 5.74) is 2.76. The number of amides is 1. The number of aliphatic hydroxyl groups excluding tert-OH is 1. The van der Waals surface area contributed by atoms with Crippen molar-refractivity contribution < 1.29 is 23.8 Å². The summed E-state index contributed by atoms with van der Waals surface area (Å²) in [7, 11) is 1.41. The molecule has 0 bridgehead atoms. The van der Waals surface area contributed by atoms with Crippen molar-refractivity contribution in [3.8, 4) is 11.6 Å². The minimum absolute atomic E-state index is 0.0254. The summed E-state index contributed by atoms with van der Waals surface area (Å²) in [6.07, 6.45) is 6.15. The Morgan fingerprint density at radius 3 is 2.65 bits per heavy atom. The first-order chi connectivity index (χ1) is 17.5. The molecule has 1 aromatic carbocycles. The number of halogens is 1. The molecule has 1 spiro atoms. The van der Waals surface area contributed by atoms with Crippen molar-refractivity contribution in [2.45, 2.75) is 90.0 Å². The molecule has 1 aromatic heterocycles. The van der Waals surface area contributed by atoms with E-state index in [2.05, 4.69) is 42.5 Å². The van der Waals surface area contributed by atoms with Crippen LogP contribution in [0, 0.1) is 11.2 Å². The second-order valence-corrected chi connectivity index (χ2v) is 11.8. The summed E-state index contributed by atoms with van der Waals surface area (Å²) in [6.45, 7) is 8.28. The Bertz CT molecular complexity index is 1110. The van der Waals surface area contributed by atoms with Gasteiger partial charge in [0.1, 0.15) is 5.60 Å². The minimum Gasteiger partial charge on any atom is -0.494 e. The largest absolute Gasteiger partial charge is 0.494 e. The highest BCUT2D eigenvalue weighted by molar-refractivity contribution is 5.73. The standard InChI is InChI=1S/C29H40FN3O4/c1-18(34)33-23(13-19-7-8-26(36-5)22(30)12-19)25(35)17-31-24-15-29(9-6-10-29)37-27-21(24)11-20(16-32-27)14-28(2,3)4/h7-8,11-12,16,23-25,31,35H,6,9-10,13-15,17H2,1-5H3,(H,33,34)/t23-,24-,25-/m0/s1. The molecule has 3 atom stereocenters. The van der Waals surface area contributed by atoms with Gasteiger partial charge in [-0.1, -0.05) is 26.8 Å². The molecule has 2 aliphatic rings. The van der Waals surface area contributed by atoms with Crippen LogP contribution in [0.1, 0.15) is 76.1 Å². The maximum absolute atomic E-state index is 14.2. The van der Waals surface area contributed by atoms with Crippen LogP contribution < -0.4 is 20.1 Å². The lowest BCUT2D eigenvalue weighted by molar-refractivity contribution is -0.120. The summed E-state index contributed by atoms with van der Waals surface area (Å²) < 4.78 is 25.6. The number of rotatable bonds is 9. The van der Waals surface area contributed by atoms with Crippen LogP contribution in [0.4, 0.5) is 4.39 Å². The van der Waals surface area contributed by atoms with Crippen LogP contribution in [-0.4, -0.2) is 47.4 Å². The van der Waals surface area contributed by atoms with Gasteiger partial charge in [-0.3, -0.25) is 4.79 Å². The van der Waals surface area contributed by atoms with Crippen molar-refractivity contribution in [3.05, 3.63) is 53.0 Å². The monoisotopic (exact) mass is 513 g/mol. The molecule has 0 unspecified atom stereocenters. The van der Waals surface area contributed by atoms with Crippen LogP contribution in [0.2, 0.25) is 0 Å². The highest BCUT2D eigenvalue weighted by Crippen LogP contribution is 2.48. The lowest BCUT2D eigenvalue weighted by atomic mass is 9.73. The summed E-state index contributed by atoms with van der Waals surface area (Å²) in [4.78, 5) is 16.6. The first-order valence-corrected chi connectivity index (χ1v) is 13.2. The number of fused-ring (bicyclic) bond motifs is 1. The van der Waals surface area contributed by atoms with E-state index < -0.39 is 18.0 Å². The number of nitrogens with zero attached hydrogens (tertiary/aromatic N) is 1. The predicted octanol–water partition coefficient (Wildman–Crippen LogP) is 4.26. The van der Waals surface area contributed by atoms with Gasteiger partial charge in [-0.15, -0.1) is 0 Å². The van der Waals surface area contributed by atoms with Crippen molar-refractivity contribution >= 4 is 5.91 Å². The highest BCUT2D eigenvalue weighted by atomic mass is 19.1. The lowest BCUT2D eigenvalue weighted by Crippen LogP contribution is -2.52. The van der Waals surface area contributed by atoms with Crippen LogP contribution in [0.15, 0.2) is 30.5 Å². The fraction of sp³-hybridized carbons (Fsp3) is 0.586. The van der Waals surface area contributed by atoms with Gasteiger partial charge in [-0.25, -0.2) is 9.37 Å². The number of benzene rings is 1. The third-order valence-corrected chi connectivity index (χ3v) is 7.30. The number of methoxy groups -OCH3 is 1. The van der Waals surface area contributed by atoms with Gasteiger partial charge in [0.25, 0.3) is 0 Å². The van der Waals surface area contributed by atoms with E-state index in [1.807, 2.05) is 6.20 Å². The molecular formula is C29H40FN3O4. The number of hydrogen-bond donors (Lipinski definition) is 3. The Hall–Kier alpha value is -2.71. The molecule has 0 radical (unpaired) electrons. The number of nitrogens with one attached hydrogen (secondary N) is 2. The van der Waals surface area contributed by atoms with E-state index in [1.165, 1.54) is 20.1 Å². The molecule has 2 aromatic rings. The average molecular weight is 514 g/mol. The molecule has 0 saturated heterocycles. The molecule has 2 heterocycles. The van der Waals surface area contributed by atoms with E-state index in [1.54, 1.807) is 12.1 Å². The van der Waals surface area contributed by atoms with E-state index >= 15 is 0 Å². The van der Waals surface area contributed by atoms with Gasteiger partial charge in [0, 0.05) is 37.7 Å². The molecule has 1 amide bonds. The quantitative estimate of drug-likeness (QED) is 0.464. The van der Waals surface area contributed by atoms with Crippen LogP contribution in [0.25, 0.3) is 0 Å². The molecule has 3 N–H and O–H groups in total. The van der Waals surface area contributed by atoms with Gasteiger partial charge in [0.05, 0.1) is 19.3 Å². The molecule has 37 heavy (non-hydrogen) atoms. The molecule has 7 nitrogen and oxygen atoms in total. The van der Waals surface area contributed by atoms with E-state index in [0.29, 0.717) is 11.4 Å². The van der Waals surface area contributed by atoms with Gasteiger partial charge in [-0.05, 0) is 66.8 Å². The summed E-state index contributed by atoms with van der Waals surface area (Å²) in [5.74, 6) is 0.101. The zero-order valence-electron chi connectivity index (χ0n) is 22.6. The molecule has 1 saturated carbocycles. The number of aromatic nitrogens is 1. The second kappa shape index (κ2) is 11.0. The molecule has 1 fully saturated rings. The Morgan fingerprint density at radius 1 is 1.30 bits per heavy atom. The number of carbonyl (C=O) groups excluding carboxylic acids is 1. The number of pyridine rings is 1. The van der Waals surface area contributed by atoms with Crippen LogP contribution >= 0.6 is 0 Å². The van der Waals surface area contributed by atoms with Crippen molar-refractivity contribution in [3.63, 3.8) is 0 Å². The normalized spacial score (nSPS) is 19.8. The van der Waals surface area contributed by atoms with Crippen molar-refractivity contribution in [1.82, 2.24) is 15.6 Å². The molecule has 8 heteroatoms. The molecular weight excluding hydrogens is 473 g/mol. The lowest BCUT2D eigenvalue weighted by Gasteiger charge is -2.47. The van der Waals surface area contributed by atoms with Gasteiger partial charge in [-0.2, -0.15) is 0 Å². The van der Waals surface area contributed by atoms with Gasteiger partial charge in [0.15, 0.2) is 11.6 Å². The zero-order valence-corrected chi connectivity index (χ0v) is 22.6. The van der Waals surface area contributed by atoms with E-state index in [-0.39, 0.29) is 41.7 Å². The first kappa shape index (κ1) is 27.3. The molecule has 202 valence electrons. The van der Waals surface area contributed by atoms with Gasteiger partial charge in [0.2, 0.25) is 11.8 Å². The Kier molecular flexibility index (Phi) is 8.09. The maximum atomic E-state index is 14.2. The van der Waals surface area contributed by atoms with Crippen LogP contribution in [0.3, 0.4) is 0 Å². The maximum Gasteiger partial charge on any atom is 0.218 e. The van der Waals surface area contributed by atoms with Crippen molar-refractivity contribution in [1.29, 1.82) is 0 Å². The fourth-order valence-electron chi connectivity index (χ4n) is 5.39. The summed E-state index contributed by atoms with van der Waals surface area (Å²) in [5, 5.41) is 17.5. The van der Waals surface area contributed by atoms with E-state index in [0.717, 1.165) is 43.2 Å². The molecule has 1 aliphatic heterocycles. The van der Waals surface area contributed by atoms with Crippen molar-refractivity contribution in [2.24, 2.45) is 5.41 Å². The molecule has 1 aliphatic carbocycles. The number of aliphatic hydroxyl groups is 1. The summed E-state index contributed by atoms with van der Waals surface area (Å²) in [6, 6.07) is 6.25. The minimum atomic E-state index is -0.886. The van der Waals surface area contributed by atoms with Gasteiger partial charge < -0.3 is 25.2 Å². The van der Waals surface area contributed by atoms with Crippen molar-refractivity contribution in [2.75, 3.05) is 13.7 Å². The predicted molar refractivity (Wildman–Crippen MR) is 140 cm³/mol. The third kappa shape index (κ3) is 6.79. The van der Waals surface area contributed by atoms with E-state index in [9.17, 15) is 14.3 Å². The van der Waals surface area contributed by atoms with Crippen LogP contribution in [0.5, 0.6) is 11.6 Å². The zero-order chi connectivity index (χ0) is 26.8.